The highest BCUT2D eigenvalue weighted by molar-refractivity contribution is 6.27. The predicted octanol–water partition coefficient (Wildman–Crippen LogP) is 28.2. The molecule has 0 amide bonds. The SMILES string of the molecule is c1ccc(-c2nc(-c3ccccc3)nc(-n3c4ccccc4c4cc5c6ccccc6n(-c6ccccc6)c5cc43)n2)cc1.c1ccc(-c2nc(-c3ccccc3)nc(-n3c4ccccc4c4ccc5c(c6ccccc6n5-c5ccccc5)c43)n2)cc1.c1ccc(-c2nc(-c3ccccc3)nc(-n3c4ccccc4c4ccc5c6ccccc6n(-c6ccccc6)c5c43)n2)cc1. The Hall–Kier alpha value is -18.2. The molecular formula is C117H75N15. The zero-order valence-electron chi connectivity index (χ0n) is 71.0. The molecular weight excluding hydrogens is 1620 g/mol. The van der Waals surface area contributed by atoms with E-state index in [0.717, 1.165) is 143 Å². The molecule has 0 saturated carbocycles. The van der Waals surface area contributed by atoms with E-state index in [-0.39, 0.29) is 0 Å². The van der Waals surface area contributed by atoms with Gasteiger partial charge in [0.25, 0.3) is 0 Å². The van der Waals surface area contributed by atoms with Gasteiger partial charge in [0.05, 0.1) is 66.2 Å². The molecule has 15 nitrogen and oxygen atoms in total. The molecule has 0 aliphatic heterocycles. The van der Waals surface area contributed by atoms with Gasteiger partial charge in [-0.15, -0.1) is 0 Å². The van der Waals surface area contributed by atoms with Crippen molar-refractivity contribution in [2.24, 2.45) is 0 Å². The second kappa shape index (κ2) is 32.0. The van der Waals surface area contributed by atoms with Crippen molar-refractivity contribution < 1.29 is 0 Å². The van der Waals surface area contributed by atoms with Gasteiger partial charge < -0.3 is 13.7 Å². The Kier molecular flexibility index (Phi) is 18.5. The van der Waals surface area contributed by atoms with Gasteiger partial charge in [-0.05, 0) is 91.0 Å². The summed E-state index contributed by atoms with van der Waals surface area (Å²) in [4.78, 5) is 45.7. The first-order valence-electron chi connectivity index (χ1n) is 44.2. The molecule has 618 valence electrons. The highest BCUT2D eigenvalue weighted by Gasteiger charge is 2.28. The number of nitrogens with zero attached hydrogens (tertiary/aromatic N) is 15. The largest absolute Gasteiger partial charge is 0.309 e. The van der Waals surface area contributed by atoms with E-state index in [4.69, 9.17) is 44.9 Å². The molecule has 0 radical (unpaired) electrons. The van der Waals surface area contributed by atoms with Crippen molar-refractivity contribution in [1.29, 1.82) is 0 Å². The molecule has 132 heavy (non-hydrogen) atoms. The van der Waals surface area contributed by atoms with E-state index in [9.17, 15) is 0 Å². The summed E-state index contributed by atoms with van der Waals surface area (Å²) >= 11 is 0. The lowest BCUT2D eigenvalue weighted by Crippen LogP contribution is -2.07. The number of fused-ring (bicyclic) bond motifs is 20. The van der Waals surface area contributed by atoms with Crippen molar-refractivity contribution in [3.05, 3.63) is 455 Å². The van der Waals surface area contributed by atoms with Crippen molar-refractivity contribution in [2.75, 3.05) is 0 Å². The molecule has 0 unspecified atom stereocenters. The van der Waals surface area contributed by atoms with Crippen LogP contribution < -0.4 is 0 Å². The summed E-state index contributed by atoms with van der Waals surface area (Å²) in [5, 5.41) is 14.1. The second-order valence-corrected chi connectivity index (χ2v) is 32.8. The molecule has 15 heteroatoms. The molecule has 0 N–H and O–H groups in total. The van der Waals surface area contributed by atoms with Crippen LogP contribution in [0.1, 0.15) is 0 Å². The molecule has 0 spiro atoms. The average molecular weight is 1690 g/mol. The molecule has 0 atom stereocenters. The molecule has 18 aromatic carbocycles. The maximum Gasteiger partial charge on any atom is 0.238 e. The van der Waals surface area contributed by atoms with Crippen molar-refractivity contribution in [2.45, 2.75) is 0 Å². The summed E-state index contributed by atoms with van der Waals surface area (Å²) in [5.74, 6) is 5.59. The smallest absolute Gasteiger partial charge is 0.238 e. The van der Waals surface area contributed by atoms with Crippen LogP contribution in [0.2, 0.25) is 0 Å². The van der Waals surface area contributed by atoms with E-state index < -0.39 is 0 Å². The van der Waals surface area contributed by atoms with E-state index in [2.05, 4.69) is 300 Å². The molecule has 0 bridgehead atoms. The number of hydrogen-bond acceptors (Lipinski definition) is 9. The van der Waals surface area contributed by atoms with E-state index in [1.165, 1.54) is 37.8 Å². The van der Waals surface area contributed by atoms with Crippen LogP contribution in [-0.4, -0.2) is 72.3 Å². The molecule has 0 fully saturated rings. The van der Waals surface area contributed by atoms with Gasteiger partial charge in [0.2, 0.25) is 17.8 Å². The van der Waals surface area contributed by atoms with Crippen LogP contribution in [0.3, 0.4) is 0 Å². The minimum atomic E-state index is 0.585. The highest BCUT2D eigenvalue weighted by Crippen LogP contribution is 2.46. The normalized spacial score (nSPS) is 11.6. The third-order valence-corrected chi connectivity index (χ3v) is 25.1. The Bertz CT molecular complexity index is 8880. The standard InChI is InChI=1S/3C39H25N5/c1-4-14-26(15-5-1)37-40-38(27-16-6-2-7-17-27)42-39(41-37)44-34-23-13-11-21-30(34)32-24-31-29-20-10-12-22-33(29)43(35(31)25-36(32)44)28-18-8-3-9-19-28;1-4-14-26(15-5-1)37-40-38(27-16-6-2-7-17-27)42-39(41-37)44-32-22-12-10-20-29(32)30-24-25-34-35(36(30)44)31-21-11-13-23-33(31)43(34)28-18-8-3-9-19-28;1-4-14-26(15-5-1)37-40-38(27-16-6-2-7-17-27)42-39(41-37)44-34-23-13-11-21-30(34)32-25-24-31-29-20-10-12-22-33(29)43(35(31)36(32)44)28-18-8-3-9-19-28/h3*1-25H. The second-order valence-electron chi connectivity index (χ2n) is 32.8. The first kappa shape index (κ1) is 76.2. The molecule has 9 heterocycles. The zero-order valence-corrected chi connectivity index (χ0v) is 71.0. The van der Waals surface area contributed by atoms with E-state index in [1.54, 1.807) is 0 Å². The van der Waals surface area contributed by atoms with Gasteiger partial charge >= 0.3 is 0 Å². The number of aromatic nitrogens is 15. The van der Waals surface area contributed by atoms with Crippen LogP contribution in [-0.2, 0) is 0 Å². The van der Waals surface area contributed by atoms with Gasteiger partial charge in [0, 0.05) is 115 Å². The van der Waals surface area contributed by atoms with Crippen molar-refractivity contribution in [1.82, 2.24) is 72.3 Å². The Labute approximate surface area is 756 Å². The Morgan fingerprint density at radius 3 is 0.712 bits per heavy atom. The molecule has 0 aliphatic rings. The Morgan fingerprint density at radius 1 is 0.129 bits per heavy atom. The summed E-state index contributed by atoms with van der Waals surface area (Å²) in [7, 11) is 0. The average Bonchev–Trinajstić information content (AvgIpc) is 1.55. The number of para-hydroxylation sites is 9. The summed E-state index contributed by atoms with van der Waals surface area (Å²) in [6.07, 6.45) is 0. The fraction of sp³-hybridized carbons (Fsp3) is 0. The third-order valence-electron chi connectivity index (χ3n) is 25.1. The predicted molar refractivity (Wildman–Crippen MR) is 538 cm³/mol. The van der Waals surface area contributed by atoms with Gasteiger partial charge in [-0.2, -0.15) is 29.9 Å². The van der Waals surface area contributed by atoms with Crippen LogP contribution in [0.15, 0.2) is 455 Å². The first-order chi connectivity index (χ1) is 65.5. The molecule has 27 aromatic rings. The van der Waals surface area contributed by atoms with Crippen LogP contribution in [0.4, 0.5) is 0 Å². The topological polar surface area (TPSA) is 146 Å². The molecule has 0 aliphatic carbocycles. The fourth-order valence-corrected chi connectivity index (χ4v) is 19.3. The van der Waals surface area contributed by atoms with Gasteiger partial charge in [-0.3, -0.25) is 13.7 Å². The van der Waals surface area contributed by atoms with Gasteiger partial charge in [-0.1, -0.05) is 364 Å². The van der Waals surface area contributed by atoms with E-state index in [0.29, 0.717) is 52.8 Å². The fourth-order valence-electron chi connectivity index (χ4n) is 19.3. The van der Waals surface area contributed by atoms with Crippen molar-refractivity contribution in [3.63, 3.8) is 0 Å². The minimum Gasteiger partial charge on any atom is -0.309 e. The van der Waals surface area contributed by atoms with Gasteiger partial charge in [0.15, 0.2) is 34.9 Å². The summed E-state index contributed by atoms with van der Waals surface area (Å²) in [6, 6.07) is 158. The summed E-state index contributed by atoms with van der Waals surface area (Å²) in [6.45, 7) is 0. The maximum absolute atomic E-state index is 5.17. The summed E-state index contributed by atoms with van der Waals surface area (Å²) in [5.41, 5.74) is 22.2. The lowest BCUT2D eigenvalue weighted by Gasteiger charge is -2.13. The maximum atomic E-state index is 5.17. The van der Waals surface area contributed by atoms with Crippen LogP contribution in [0.25, 0.3) is 234 Å². The Morgan fingerprint density at radius 2 is 0.356 bits per heavy atom. The van der Waals surface area contributed by atoms with Crippen LogP contribution >= 0.6 is 0 Å². The van der Waals surface area contributed by atoms with E-state index in [1.807, 2.05) is 182 Å². The Balaban J connectivity index is 0.000000106. The minimum absolute atomic E-state index is 0.585. The third kappa shape index (κ3) is 12.9. The highest BCUT2D eigenvalue weighted by atomic mass is 15.2. The van der Waals surface area contributed by atoms with Crippen LogP contribution in [0.5, 0.6) is 0 Å². The zero-order chi connectivity index (χ0) is 87.1. The number of benzene rings is 18. The molecule has 0 saturated heterocycles. The summed E-state index contributed by atoms with van der Waals surface area (Å²) < 4.78 is 13.7. The quantitative estimate of drug-likeness (QED) is 0.117. The van der Waals surface area contributed by atoms with Gasteiger partial charge in [0.1, 0.15) is 0 Å². The number of hydrogen-bond donors (Lipinski definition) is 0. The first-order valence-corrected chi connectivity index (χ1v) is 44.2. The van der Waals surface area contributed by atoms with Crippen molar-refractivity contribution in [3.8, 4) is 103 Å². The van der Waals surface area contributed by atoms with Crippen LogP contribution in [0, 0.1) is 0 Å². The molecule has 9 aromatic heterocycles. The van der Waals surface area contributed by atoms with E-state index >= 15 is 0 Å². The lowest BCUT2D eigenvalue weighted by atomic mass is 10.1. The molecule has 27 rings (SSSR count). The lowest BCUT2D eigenvalue weighted by molar-refractivity contribution is 0.953. The monoisotopic (exact) mass is 1690 g/mol. The number of rotatable bonds is 12. The van der Waals surface area contributed by atoms with Crippen molar-refractivity contribution >= 4 is 131 Å². The van der Waals surface area contributed by atoms with Gasteiger partial charge in [-0.25, -0.2) is 15.0 Å².